The average molecular weight is 138 g/mol. The molecule has 0 aliphatic heterocycles. The van der Waals surface area contributed by atoms with Crippen LogP contribution in [0.25, 0.3) is 0 Å². The van der Waals surface area contributed by atoms with Gasteiger partial charge in [0.25, 0.3) is 5.56 Å². The summed E-state index contributed by atoms with van der Waals surface area (Å²) in [6.07, 6.45) is 2.47. The zero-order valence-corrected chi connectivity index (χ0v) is 5.92. The lowest BCUT2D eigenvalue weighted by atomic mass is 10.3. The van der Waals surface area contributed by atoms with Crippen LogP contribution in [-0.4, -0.2) is 9.78 Å². The van der Waals surface area contributed by atoms with E-state index in [0.717, 1.165) is 12.1 Å². The summed E-state index contributed by atoms with van der Waals surface area (Å²) in [4.78, 5) is 10.8. The second-order valence-electron chi connectivity index (χ2n) is 2.17. The van der Waals surface area contributed by atoms with Crippen molar-refractivity contribution < 1.29 is 0 Å². The molecule has 0 unspecified atom stereocenters. The van der Waals surface area contributed by atoms with E-state index >= 15 is 0 Å². The minimum Gasteiger partial charge on any atom is -0.300 e. The third-order valence-electron chi connectivity index (χ3n) is 1.30. The van der Waals surface area contributed by atoms with Crippen molar-refractivity contribution in [3.63, 3.8) is 0 Å². The number of H-pyrrole nitrogens is 1. The molecular weight excluding hydrogens is 128 g/mol. The van der Waals surface area contributed by atoms with Crippen molar-refractivity contribution in [1.29, 1.82) is 0 Å². The Kier molecular flexibility index (Phi) is 1.76. The van der Waals surface area contributed by atoms with Crippen molar-refractivity contribution in [2.75, 3.05) is 0 Å². The molecule has 1 aromatic heterocycles. The van der Waals surface area contributed by atoms with Gasteiger partial charge in [-0.1, -0.05) is 6.08 Å². The molecule has 54 valence electrons. The Labute approximate surface area is 59.0 Å². The number of hydrogen-bond donors (Lipinski definition) is 1. The van der Waals surface area contributed by atoms with Crippen molar-refractivity contribution in [3.8, 4) is 0 Å². The fraction of sp³-hybridized carbons (Fsp3) is 0.286. The first-order valence-electron chi connectivity index (χ1n) is 3.10. The number of nitrogens with one attached hydrogen (secondary N) is 1. The van der Waals surface area contributed by atoms with E-state index in [-0.39, 0.29) is 5.56 Å². The van der Waals surface area contributed by atoms with Crippen LogP contribution in [-0.2, 0) is 13.5 Å². The maximum atomic E-state index is 10.8. The second kappa shape index (κ2) is 2.56. The Bertz CT molecular complexity index is 282. The molecule has 0 aliphatic carbocycles. The van der Waals surface area contributed by atoms with Crippen molar-refractivity contribution in [2.24, 2.45) is 7.05 Å². The lowest BCUT2D eigenvalue weighted by Gasteiger charge is -1.87. The summed E-state index contributed by atoms with van der Waals surface area (Å²) in [6.45, 7) is 3.56. The van der Waals surface area contributed by atoms with Crippen LogP contribution in [0.15, 0.2) is 23.5 Å². The molecule has 0 atom stereocenters. The SMILES string of the molecule is C=CCc1cc(=O)n(C)[nH]1. The number of hydrogen-bond acceptors (Lipinski definition) is 1. The monoisotopic (exact) mass is 138 g/mol. The Morgan fingerprint density at radius 1 is 1.90 bits per heavy atom. The van der Waals surface area contributed by atoms with Gasteiger partial charge in [0.2, 0.25) is 0 Å². The van der Waals surface area contributed by atoms with E-state index in [4.69, 9.17) is 0 Å². The molecule has 1 aromatic rings. The standard InChI is InChI=1S/C7H10N2O/c1-3-4-6-5-7(10)9(2)8-6/h3,5,8H,1,4H2,2H3. The molecule has 0 bridgehead atoms. The number of aromatic nitrogens is 2. The maximum Gasteiger partial charge on any atom is 0.266 e. The Morgan fingerprint density at radius 2 is 2.60 bits per heavy atom. The summed E-state index contributed by atoms with van der Waals surface area (Å²) in [7, 11) is 1.69. The van der Waals surface area contributed by atoms with Crippen LogP contribution in [0.1, 0.15) is 5.69 Å². The van der Waals surface area contributed by atoms with Crippen LogP contribution in [0.4, 0.5) is 0 Å². The third kappa shape index (κ3) is 1.18. The van der Waals surface area contributed by atoms with Gasteiger partial charge in [-0.3, -0.25) is 14.6 Å². The summed E-state index contributed by atoms with van der Waals surface area (Å²) in [5, 5.41) is 2.88. The van der Waals surface area contributed by atoms with Gasteiger partial charge in [0.05, 0.1) is 0 Å². The van der Waals surface area contributed by atoms with E-state index in [1.165, 1.54) is 4.68 Å². The third-order valence-corrected chi connectivity index (χ3v) is 1.30. The minimum atomic E-state index is -0.00292. The fourth-order valence-electron chi connectivity index (χ4n) is 0.809. The molecule has 1 rings (SSSR count). The van der Waals surface area contributed by atoms with Crippen LogP contribution in [0.2, 0.25) is 0 Å². The molecule has 0 saturated carbocycles. The Balaban J connectivity index is 2.98. The van der Waals surface area contributed by atoms with Gasteiger partial charge in [-0.25, -0.2) is 0 Å². The van der Waals surface area contributed by atoms with Crippen molar-refractivity contribution in [3.05, 3.63) is 34.8 Å². The van der Waals surface area contributed by atoms with Gasteiger partial charge in [0.1, 0.15) is 0 Å². The molecule has 1 heterocycles. The van der Waals surface area contributed by atoms with Crippen molar-refractivity contribution >= 4 is 0 Å². The molecule has 1 N–H and O–H groups in total. The minimum absolute atomic E-state index is 0.00292. The van der Waals surface area contributed by atoms with E-state index in [1.54, 1.807) is 19.2 Å². The smallest absolute Gasteiger partial charge is 0.266 e. The topological polar surface area (TPSA) is 37.8 Å². The molecule has 0 saturated heterocycles. The Morgan fingerprint density at radius 3 is 3.00 bits per heavy atom. The van der Waals surface area contributed by atoms with Gasteiger partial charge >= 0.3 is 0 Å². The molecule has 10 heavy (non-hydrogen) atoms. The van der Waals surface area contributed by atoms with Crippen LogP contribution in [0, 0.1) is 0 Å². The fourth-order valence-corrected chi connectivity index (χ4v) is 0.809. The molecule has 3 heteroatoms. The molecule has 0 spiro atoms. The number of nitrogens with zero attached hydrogens (tertiary/aromatic N) is 1. The van der Waals surface area contributed by atoms with Crippen molar-refractivity contribution in [1.82, 2.24) is 9.78 Å². The summed E-state index contributed by atoms with van der Waals surface area (Å²) in [6, 6.07) is 1.57. The van der Waals surface area contributed by atoms with Crippen molar-refractivity contribution in [2.45, 2.75) is 6.42 Å². The van der Waals surface area contributed by atoms with E-state index in [2.05, 4.69) is 11.7 Å². The first-order chi connectivity index (χ1) is 4.74. The predicted octanol–water partition coefficient (Wildman–Crippen LogP) is 0.442. The van der Waals surface area contributed by atoms with E-state index < -0.39 is 0 Å². The summed E-state index contributed by atoms with van der Waals surface area (Å²) >= 11 is 0. The van der Waals surface area contributed by atoms with Gasteiger partial charge in [-0.2, -0.15) is 0 Å². The first kappa shape index (κ1) is 6.86. The number of allylic oxidation sites excluding steroid dienone is 1. The molecule has 0 radical (unpaired) electrons. The predicted molar refractivity (Wildman–Crippen MR) is 39.9 cm³/mol. The molecule has 0 aromatic carbocycles. The van der Waals surface area contributed by atoms with Crippen LogP contribution >= 0.6 is 0 Å². The molecule has 0 fully saturated rings. The number of aryl methyl sites for hydroxylation is 1. The van der Waals surface area contributed by atoms with E-state index in [1.807, 2.05) is 0 Å². The number of aromatic amines is 1. The average Bonchev–Trinajstić information content (AvgIpc) is 2.14. The highest BCUT2D eigenvalue weighted by Crippen LogP contribution is 1.89. The first-order valence-corrected chi connectivity index (χ1v) is 3.10. The zero-order chi connectivity index (χ0) is 7.56. The number of rotatable bonds is 2. The largest absolute Gasteiger partial charge is 0.300 e. The summed E-state index contributed by atoms with van der Waals surface area (Å²) < 4.78 is 1.44. The molecule has 0 aliphatic rings. The van der Waals surface area contributed by atoms with Gasteiger partial charge in [-0.15, -0.1) is 6.58 Å². The van der Waals surface area contributed by atoms with Gasteiger partial charge < -0.3 is 0 Å². The lowest BCUT2D eigenvalue weighted by Crippen LogP contribution is -2.09. The van der Waals surface area contributed by atoms with Gasteiger partial charge in [0, 0.05) is 25.2 Å². The maximum absolute atomic E-state index is 10.8. The highest BCUT2D eigenvalue weighted by molar-refractivity contribution is 5.03. The molecule has 3 nitrogen and oxygen atoms in total. The second-order valence-corrected chi connectivity index (χ2v) is 2.17. The van der Waals surface area contributed by atoms with Gasteiger partial charge in [-0.05, 0) is 0 Å². The highest BCUT2D eigenvalue weighted by atomic mass is 16.1. The van der Waals surface area contributed by atoms with E-state index in [0.29, 0.717) is 0 Å². The van der Waals surface area contributed by atoms with Crippen LogP contribution in [0.3, 0.4) is 0 Å². The van der Waals surface area contributed by atoms with Crippen LogP contribution < -0.4 is 5.56 Å². The molecule has 0 amide bonds. The quantitative estimate of drug-likeness (QED) is 0.592. The highest BCUT2D eigenvalue weighted by Gasteiger charge is 1.94. The van der Waals surface area contributed by atoms with Gasteiger partial charge in [0.15, 0.2) is 0 Å². The summed E-state index contributed by atoms with van der Waals surface area (Å²) in [5.41, 5.74) is 0.902. The summed E-state index contributed by atoms with van der Waals surface area (Å²) in [5.74, 6) is 0. The molecular formula is C7H10N2O. The normalized spacial score (nSPS) is 9.70. The van der Waals surface area contributed by atoms with E-state index in [9.17, 15) is 4.79 Å². The van der Waals surface area contributed by atoms with Crippen LogP contribution in [0.5, 0.6) is 0 Å². The zero-order valence-electron chi connectivity index (χ0n) is 5.92. The lowest BCUT2D eigenvalue weighted by molar-refractivity contribution is 0.726. The Hall–Kier alpha value is -1.25.